The highest BCUT2D eigenvalue weighted by atomic mass is 16.6. The summed E-state index contributed by atoms with van der Waals surface area (Å²) < 4.78 is 11.0. The number of rotatable bonds is 5. The fourth-order valence-electron chi connectivity index (χ4n) is 4.88. The molecule has 0 saturated carbocycles. The lowest BCUT2D eigenvalue weighted by atomic mass is 10.0. The number of hydrogen-bond donors (Lipinski definition) is 2. The van der Waals surface area contributed by atoms with Gasteiger partial charge in [0, 0.05) is 37.6 Å². The second kappa shape index (κ2) is 9.31. The highest BCUT2D eigenvalue weighted by Gasteiger charge is 2.27. The van der Waals surface area contributed by atoms with Gasteiger partial charge in [0.1, 0.15) is 13.2 Å². The van der Waals surface area contributed by atoms with Gasteiger partial charge in [0.15, 0.2) is 11.5 Å². The average Bonchev–Trinajstić information content (AvgIpc) is 3.49. The van der Waals surface area contributed by atoms with Crippen LogP contribution < -0.4 is 25.0 Å². The molecule has 0 aromatic heterocycles. The third-order valence-electron chi connectivity index (χ3n) is 6.66. The molecule has 1 atom stereocenters. The van der Waals surface area contributed by atoms with E-state index in [1.54, 1.807) is 18.2 Å². The van der Waals surface area contributed by atoms with Gasteiger partial charge in [0.2, 0.25) is 0 Å². The lowest BCUT2D eigenvalue weighted by Crippen LogP contribution is -2.41. The molecular formula is C25H30N4O4. The van der Waals surface area contributed by atoms with E-state index in [9.17, 15) is 9.59 Å². The molecule has 2 N–H and O–H groups in total. The predicted molar refractivity (Wildman–Crippen MR) is 126 cm³/mol. The zero-order valence-electron chi connectivity index (χ0n) is 18.9. The van der Waals surface area contributed by atoms with Crippen LogP contribution in [0.25, 0.3) is 0 Å². The van der Waals surface area contributed by atoms with Crippen LogP contribution in [0.3, 0.4) is 0 Å². The molecule has 2 aromatic rings. The van der Waals surface area contributed by atoms with Crippen molar-refractivity contribution in [3.8, 4) is 11.5 Å². The lowest BCUT2D eigenvalue weighted by Gasteiger charge is -2.28. The van der Waals surface area contributed by atoms with Gasteiger partial charge in [-0.25, -0.2) is 0 Å². The number of carbonyl (C=O) groups excluding carboxylic acids is 2. The van der Waals surface area contributed by atoms with Gasteiger partial charge in [-0.3, -0.25) is 14.5 Å². The molecule has 174 valence electrons. The number of ether oxygens (including phenoxy) is 2. The van der Waals surface area contributed by atoms with Crippen LogP contribution in [-0.2, 0) is 16.0 Å². The largest absolute Gasteiger partial charge is 0.486 e. The Morgan fingerprint density at radius 2 is 1.76 bits per heavy atom. The Morgan fingerprint density at radius 1 is 0.970 bits per heavy atom. The minimum atomic E-state index is -0.692. The van der Waals surface area contributed by atoms with Crippen LogP contribution in [0.15, 0.2) is 36.4 Å². The van der Waals surface area contributed by atoms with Crippen LogP contribution in [0, 0.1) is 0 Å². The highest BCUT2D eigenvalue weighted by Crippen LogP contribution is 2.33. The maximum atomic E-state index is 12.6. The maximum Gasteiger partial charge on any atom is 0.313 e. The third-order valence-corrected chi connectivity index (χ3v) is 6.66. The molecule has 0 radical (unpaired) electrons. The molecule has 3 heterocycles. The van der Waals surface area contributed by atoms with Gasteiger partial charge in [0.25, 0.3) is 0 Å². The Morgan fingerprint density at radius 3 is 2.58 bits per heavy atom. The minimum Gasteiger partial charge on any atom is -0.486 e. The summed E-state index contributed by atoms with van der Waals surface area (Å²) in [5, 5.41) is 5.52. The molecule has 3 aliphatic heterocycles. The van der Waals surface area contributed by atoms with Crippen LogP contribution >= 0.6 is 0 Å². The fraction of sp³-hybridized carbons (Fsp3) is 0.440. The molecule has 0 bridgehead atoms. The SMILES string of the molecule is CN1CCc2cc(C(CNC(=O)C(=O)Nc3ccc4c(c3)OCCO4)N3CCCC3)ccc21. The molecule has 1 fully saturated rings. The van der Waals surface area contributed by atoms with E-state index in [4.69, 9.17) is 9.47 Å². The first-order chi connectivity index (χ1) is 16.1. The van der Waals surface area contributed by atoms with Gasteiger partial charge >= 0.3 is 11.8 Å². The molecule has 5 rings (SSSR count). The number of carbonyl (C=O) groups is 2. The monoisotopic (exact) mass is 450 g/mol. The van der Waals surface area contributed by atoms with Gasteiger partial charge < -0.3 is 25.0 Å². The van der Waals surface area contributed by atoms with Gasteiger partial charge in [-0.05, 0) is 61.7 Å². The van der Waals surface area contributed by atoms with E-state index in [0.717, 1.165) is 38.9 Å². The Hall–Kier alpha value is -3.26. The second-order valence-corrected chi connectivity index (χ2v) is 8.84. The number of likely N-dealkylation sites (tertiary alicyclic amines) is 1. The zero-order valence-corrected chi connectivity index (χ0v) is 18.9. The van der Waals surface area contributed by atoms with Crippen molar-refractivity contribution in [2.45, 2.75) is 25.3 Å². The van der Waals surface area contributed by atoms with Crippen LogP contribution in [0.4, 0.5) is 11.4 Å². The van der Waals surface area contributed by atoms with Gasteiger partial charge in [-0.1, -0.05) is 12.1 Å². The van der Waals surface area contributed by atoms with E-state index in [2.05, 4.69) is 45.7 Å². The lowest BCUT2D eigenvalue weighted by molar-refractivity contribution is -0.136. The first-order valence-electron chi connectivity index (χ1n) is 11.7. The maximum absolute atomic E-state index is 12.6. The summed E-state index contributed by atoms with van der Waals surface area (Å²) in [7, 11) is 2.12. The highest BCUT2D eigenvalue weighted by molar-refractivity contribution is 6.39. The number of nitrogens with zero attached hydrogens (tertiary/aromatic N) is 2. The molecule has 33 heavy (non-hydrogen) atoms. The van der Waals surface area contributed by atoms with Crippen molar-refractivity contribution in [2.24, 2.45) is 0 Å². The first kappa shape index (κ1) is 21.6. The number of hydrogen-bond acceptors (Lipinski definition) is 6. The molecule has 2 amide bonds. The first-order valence-corrected chi connectivity index (χ1v) is 11.7. The standard InChI is InChI=1S/C25H30N4O4/c1-28-11-8-18-14-17(4-6-20(18)28)21(29-9-2-3-10-29)16-26-24(30)25(31)27-19-5-7-22-23(15-19)33-13-12-32-22/h4-7,14-15,21H,2-3,8-13,16H2,1H3,(H,26,30)(H,27,31). The normalized spacial score (nSPS) is 18.0. The summed E-state index contributed by atoms with van der Waals surface area (Å²) in [6.45, 7) is 4.38. The van der Waals surface area contributed by atoms with E-state index in [0.29, 0.717) is 36.9 Å². The molecule has 8 heteroatoms. The Kier molecular flexibility index (Phi) is 6.09. The number of nitrogens with one attached hydrogen (secondary N) is 2. The summed E-state index contributed by atoms with van der Waals surface area (Å²) >= 11 is 0. The summed E-state index contributed by atoms with van der Waals surface area (Å²) in [5.74, 6) is -0.133. The van der Waals surface area contributed by atoms with Gasteiger partial charge in [-0.15, -0.1) is 0 Å². The van der Waals surface area contributed by atoms with E-state index >= 15 is 0 Å². The molecule has 2 aromatic carbocycles. The van der Waals surface area contributed by atoms with Crippen molar-refractivity contribution in [2.75, 3.05) is 56.7 Å². The van der Waals surface area contributed by atoms with Crippen molar-refractivity contribution in [3.05, 3.63) is 47.5 Å². The van der Waals surface area contributed by atoms with Crippen LogP contribution in [-0.4, -0.2) is 63.2 Å². The van der Waals surface area contributed by atoms with E-state index in [1.165, 1.54) is 16.8 Å². The van der Waals surface area contributed by atoms with Crippen molar-refractivity contribution in [1.82, 2.24) is 10.2 Å². The average molecular weight is 451 g/mol. The van der Waals surface area contributed by atoms with Gasteiger partial charge in [0.05, 0.1) is 6.04 Å². The predicted octanol–water partition coefficient (Wildman–Crippen LogP) is 2.34. The van der Waals surface area contributed by atoms with E-state index in [1.807, 2.05) is 0 Å². The Labute approximate surface area is 193 Å². The topological polar surface area (TPSA) is 83.1 Å². The number of amides is 2. The van der Waals surface area contributed by atoms with Crippen molar-refractivity contribution in [1.29, 1.82) is 0 Å². The molecule has 3 aliphatic rings. The number of anilines is 2. The van der Waals surface area contributed by atoms with Crippen molar-refractivity contribution >= 4 is 23.2 Å². The van der Waals surface area contributed by atoms with Crippen LogP contribution in [0.1, 0.15) is 30.0 Å². The van der Waals surface area contributed by atoms with E-state index < -0.39 is 11.8 Å². The molecule has 8 nitrogen and oxygen atoms in total. The molecular weight excluding hydrogens is 420 g/mol. The quantitative estimate of drug-likeness (QED) is 0.681. The van der Waals surface area contributed by atoms with Crippen LogP contribution in [0.2, 0.25) is 0 Å². The Bertz CT molecular complexity index is 1050. The number of fused-ring (bicyclic) bond motifs is 2. The summed E-state index contributed by atoms with van der Waals surface area (Å²) in [5.41, 5.74) is 4.32. The second-order valence-electron chi connectivity index (χ2n) is 8.84. The number of likely N-dealkylation sites (N-methyl/N-ethyl adjacent to an activating group) is 1. The van der Waals surface area contributed by atoms with Crippen molar-refractivity contribution in [3.63, 3.8) is 0 Å². The van der Waals surface area contributed by atoms with Crippen LogP contribution in [0.5, 0.6) is 11.5 Å². The molecule has 0 aliphatic carbocycles. The number of benzene rings is 2. The summed E-state index contributed by atoms with van der Waals surface area (Å²) in [6, 6.07) is 11.8. The zero-order chi connectivity index (χ0) is 22.8. The third kappa shape index (κ3) is 4.61. The van der Waals surface area contributed by atoms with E-state index in [-0.39, 0.29) is 6.04 Å². The van der Waals surface area contributed by atoms with Crippen molar-refractivity contribution < 1.29 is 19.1 Å². The molecule has 1 unspecified atom stereocenters. The van der Waals surface area contributed by atoms with Gasteiger partial charge in [-0.2, -0.15) is 0 Å². The summed E-state index contributed by atoms with van der Waals surface area (Å²) in [4.78, 5) is 29.8. The Balaban J connectivity index is 1.24. The summed E-state index contributed by atoms with van der Waals surface area (Å²) in [6.07, 6.45) is 3.35. The molecule has 0 spiro atoms. The minimum absolute atomic E-state index is 0.0507. The smallest absolute Gasteiger partial charge is 0.313 e. The fourth-order valence-corrected chi connectivity index (χ4v) is 4.88. The molecule has 1 saturated heterocycles.